The van der Waals surface area contributed by atoms with Gasteiger partial charge in [-0.25, -0.2) is 4.79 Å². The lowest BCUT2D eigenvalue weighted by atomic mass is 10.2. The average molecular weight is 415 g/mol. The van der Waals surface area contributed by atoms with Crippen molar-refractivity contribution in [1.82, 2.24) is 24.7 Å². The van der Waals surface area contributed by atoms with E-state index in [9.17, 15) is 9.59 Å². The van der Waals surface area contributed by atoms with E-state index in [2.05, 4.69) is 25.5 Å². The second-order valence-corrected chi connectivity index (χ2v) is 7.44. The standard InChI is InChI=1S/C18H15ClN6O2S/c1-10-2-4-12(7-13(10)19)25-9-20-24-18(25)28-8-16(26)21-11-3-5-14-15(6-11)23-17(27)22-14/h2-7,9H,8H2,1H3,(H,21,26)(H2,22,23,27). The number of thioether (sulfide) groups is 1. The van der Waals surface area contributed by atoms with E-state index in [-0.39, 0.29) is 17.3 Å². The lowest BCUT2D eigenvalue weighted by molar-refractivity contribution is -0.113. The van der Waals surface area contributed by atoms with Gasteiger partial charge in [0, 0.05) is 10.7 Å². The first-order valence-corrected chi connectivity index (χ1v) is 9.67. The number of aryl methyl sites for hydroxylation is 1. The zero-order chi connectivity index (χ0) is 19.7. The van der Waals surface area contributed by atoms with Crippen LogP contribution in [0.1, 0.15) is 5.56 Å². The lowest BCUT2D eigenvalue weighted by Crippen LogP contribution is -2.14. The van der Waals surface area contributed by atoms with E-state index in [1.54, 1.807) is 29.1 Å². The van der Waals surface area contributed by atoms with Crippen molar-refractivity contribution < 1.29 is 4.79 Å². The van der Waals surface area contributed by atoms with Crippen LogP contribution in [-0.4, -0.2) is 36.4 Å². The van der Waals surface area contributed by atoms with Gasteiger partial charge in [-0.1, -0.05) is 29.4 Å². The van der Waals surface area contributed by atoms with E-state index in [1.165, 1.54) is 11.8 Å². The number of amides is 1. The first kappa shape index (κ1) is 18.3. The molecule has 0 fully saturated rings. The van der Waals surface area contributed by atoms with E-state index in [0.717, 1.165) is 11.3 Å². The molecule has 0 radical (unpaired) electrons. The van der Waals surface area contributed by atoms with Crippen molar-refractivity contribution in [3.8, 4) is 5.69 Å². The van der Waals surface area contributed by atoms with Crippen LogP contribution in [0.2, 0.25) is 5.02 Å². The summed E-state index contributed by atoms with van der Waals surface area (Å²) in [5, 5.41) is 12.0. The Labute approximate surface area is 168 Å². The first-order valence-electron chi connectivity index (χ1n) is 8.31. The minimum absolute atomic E-state index is 0.153. The van der Waals surface area contributed by atoms with Crippen LogP contribution in [-0.2, 0) is 4.79 Å². The highest BCUT2D eigenvalue weighted by Gasteiger charge is 2.12. The van der Waals surface area contributed by atoms with Crippen molar-refractivity contribution in [3.05, 3.63) is 63.8 Å². The van der Waals surface area contributed by atoms with Crippen LogP contribution >= 0.6 is 23.4 Å². The Morgan fingerprint density at radius 2 is 2.04 bits per heavy atom. The number of carbonyl (C=O) groups is 1. The molecule has 0 saturated carbocycles. The monoisotopic (exact) mass is 414 g/mol. The molecule has 0 saturated heterocycles. The third-order valence-electron chi connectivity index (χ3n) is 4.08. The predicted molar refractivity (Wildman–Crippen MR) is 109 cm³/mol. The second-order valence-electron chi connectivity index (χ2n) is 6.09. The highest BCUT2D eigenvalue weighted by Crippen LogP contribution is 2.24. The molecule has 28 heavy (non-hydrogen) atoms. The van der Waals surface area contributed by atoms with Gasteiger partial charge < -0.3 is 15.3 Å². The Balaban J connectivity index is 1.44. The summed E-state index contributed by atoms with van der Waals surface area (Å²) in [5.41, 5.74) is 3.43. The molecular formula is C18H15ClN6O2S. The van der Waals surface area contributed by atoms with Crippen LogP contribution in [0.15, 0.2) is 52.7 Å². The molecule has 0 aliphatic rings. The predicted octanol–water partition coefficient (Wildman–Crippen LogP) is 3.13. The minimum atomic E-state index is -0.287. The SMILES string of the molecule is Cc1ccc(-n2cnnc2SCC(=O)Nc2ccc3[nH]c(=O)[nH]c3c2)cc1Cl. The molecule has 10 heteroatoms. The lowest BCUT2D eigenvalue weighted by Gasteiger charge is -2.08. The molecule has 2 aromatic carbocycles. The normalized spacial score (nSPS) is 11.1. The average Bonchev–Trinajstić information content (AvgIpc) is 3.27. The third-order valence-corrected chi connectivity index (χ3v) is 5.43. The molecule has 0 atom stereocenters. The van der Waals surface area contributed by atoms with Gasteiger partial charge in [0.25, 0.3) is 0 Å². The number of H-pyrrole nitrogens is 2. The number of carbonyl (C=O) groups excluding carboxylic acids is 1. The molecule has 2 aromatic heterocycles. The summed E-state index contributed by atoms with van der Waals surface area (Å²) < 4.78 is 1.78. The van der Waals surface area contributed by atoms with Crippen molar-refractivity contribution in [1.29, 1.82) is 0 Å². The van der Waals surface area contributed by atoms with E-state index in [1.807, 2.05) is 25.1 Å². The minimum Gasteiger partial charge on any atom is -0.325 e. The van der Waals surface area contributed by atoms with Crippen molar-refractivity contribution in [2.24, 2.45) is 0 Å². The van der Waals surface area contributed by atoms with Crippen LogP contribution in [0.4, 0.5) is 5.69 Å². The van der Waals surface area contributed by atoms with Crippen LogP contribution in [0.5, 0.6) is 0 Å². The van der Waals surface area contributed by atoms with Gasteiger partial charge in [0.1, 0.15) is 6.33 Å². The molecule has 4 rings (SSSR count). The largest absolute Gasteiger partial charge is 0.325 e. The van der Waals surface area contributed by atoms with E-state index in [4.69, 9.17) is 11.6 Å². The highest BCUT2D eigenvalue weighted by molar-refractivity contribution is 7.99. The number of hydrogen-bond acceptors (Lipinski definition) is 5. The van der Waals surface area contributed by atoms with E-state index < -0.39 is 0 Å². The number of hydrogen-bond donors (Lipinski definition) is 3. The number of imidazole rings is 1. The first-order chi connectivity index (χ1) is 13.5. The van der Waals surface area contributed by atoms with Crippen molar-refractivity contribution in [2.75, 3.05) is 11.1 Å². The van der Waals surface area contributed by atoms with Crippen LogP contribution in [0.3, 0.4) is 0 Å². The Bertz CT molecular complexity index is 1230. The second kappa shape index (κ2) is 7.53. The molecule has 2 heterocycles. The summed E-state index contributed by atoms with van der Waals surface area (Å²) in [7, 11) is 0. The van der Waals surface area contributed by atoms with Gasteiger partial charge in [-0.3, -0.25) is 9.36 Å². The molecular weight excluding hydrogens is 400 g/mol. The smallest absolute Gasteiger partial charge is 0.323 e. The van der Waals surface area contributed by atoms with Crippen LogP contribution < -0.4 is 11.0 Å². The number of anilines is 1. The van der Waals surface area contributed by atoms with Gasteiger partial charge in [-0.15, -0.1) is 10.2 Å². The Morgan fingerprint density at radius 3 is 2.86 bits per heavy atom. The summed E-state index contributed by atoms with van der Waals surface area (Å²) >= 11 is 7.46. The summed E-state index contributed by atoms with van der Waals surface area (Å²) in [6, 6.07) is 10.8. The number of rotatable bonds is 5. The van der Waals surface area contributed by atoms with Gasteiger partial charge in [0.15, 0.2) is 5.16 Å². The molecule has 0 bridgehead atoms. The molecule has 4 aromatic rings. The zero-order valence-corrected chi connectivity index (χ0v) is 16.3. The number of halogens is 1. The summed E-state index contributed by atoms with van der Waals surface area (Å²) in [6.07, 6.45) is 1.58. The van der Waals surface area contributed by atoms with E-state index in [0.29, 0.717) is 26.9 Å². The maximum absolute atomic E-state index is 12.3. The molecule has 1 amide bonds. The van der Waals surface area contributed by atoms with Gasteiger partial charge in [-0.05, 0) is 42.8 Å². The van der Waals surface area contributed by atoms with Gasteiger partial charge in [-0.2, -0.15) is 0 Å². The fourth-order valence-corrected chi connectivity index (χ4v) is 3.57. The number of benzene rings is 2. The fourth-order valence-electron chi connectivity index (χ4n) is 2.67. The van der Waals surface area contributed by atoms with Gasteiger partial charge >= 0.3 is 5.69 Å². The topological polar surface area (TPSA) is 108 Å². The number of aromatic nitrogens is 5. The number of aromatic amines is 2. The Kier molecular flexibility index (Phi) is 4.93. The summed E-state index contributed by atoms with van der Waals surface area (Å²) in [5.74, 6) is -0.0429. The maximum atomic E-state index is 12.3. The van der Waals surface area contributed by atoms with E-state index >= 15 is 0 Å². The van der Waals surface area contributed by atoms with Gasteiger partial charge in [0.05, 0.1) is 22.5 Å². The quantitative estimate of drug-likeness (QED) is 0.435. The molecule has 3 N–H and O–H groups in total. The van der Waals surface area contributed by atoms with Crippen molar-refractivity contribution >= 4 is 46.0 Å². The number of nitrogens with one attached hydrogen (secondary N) is 3. The van der Waals surface area contributed by atoms with Crippen LogP contribution in [0.25, 0.3) is 16.7 Å². The Morgan fingerprint density at radius 1 is 1.21 bits per heavy atom. The molecule has 0 aliphatic heterocycles. The molecule has 0 spiro atoms. The zero-order valence-electron chi connectivity index (χ0n) is 14.7. The summed E-state index contributed by atoms with van der Waals surface area (Å²) in [4.78, 5) is 28.9. The number of fused-ring (bicyclic) bond motifs is 1. The summed E-state index contributed by atoms with van der Waals surface area (Å²) in [6.45, 7) is 1.93. The van der Waals surface area contributed by atoms with Gasteiger partial charge in [0.2, 0.25) is 5.91 Å². The Hall–Kier alpha value is -3.04. The highest BCUT2D eigenvalue weighted by atomic mass is 35.5. The van der Waals surface area contributed by atoms with Crippen molar-refractivity contribution in [3.63, 3.8) is 0 Å². The third kappa shape index (κ3) is 3.80. The fraction of sp³-hybridized carbons (Fsp3) is 0.111. The molecule has 8 nitrogen and oxygen atoms in total. The van der Waals surface area contributed by atoms with Crippen LogP contribution in [0, 0.1) is 6.92 Å². The molecule has 0 aliphatic carbocycles. The van der Waals surface area contributed by atoms with Crippen molar-refractivity contribution in [2.45, 2.75) is 12.1 Å². The maximum Gasteiger partial charge on any atom is 0.323 e. The molecule has 142 valence electrons. The number of nitrogens with zero attached hydrogens (tertiary/aromatic N) is 3. The molecule has 0 unspecified atom stereocenters.